The number of phenolic OH excluding ortho intramolecular Hbond substituents is 1. The summed E-state index contributed by atoms with van der Waals surface area (Å²) in [6.45, 7) is 0. The van der Waals surface area contributed by atoms with Gasteiger partial charge in [0.05, 0.1) is 11.1 Å². The first-order chi connectivity index (χ1) is 9.95. The first-order valence-electron chi connectivity index (χ1n) is 6.25. The second-order valence-corrected chi connectivity index (χ2v) is 5.00. The van der Waals surface area contributed by atoms with Gasteiger partial charge in [-0.1, -0.05) is 23.7 Å². The predicted octanol–water partition coefficient (Wildman–Crippen LogP) is 2.69. The van der Waals surface area contributed by atoms with Gasteiger partial charge in [0.1, 0.15) is 11.6 Å². The Morgan fingerprint density at radius 3 is 2.57 bits per heavy atom. The number of anilines is 1. The number of rotatable bonds is 4. The molecule has 0 aromatic heterocycles. The highest BCUT2D eigenvalue weighted by Crippen LogP contribution is 2.19. The van der Waals surface area contributed by atoms with Crippen molar-refractivity contribution >= 4 is 23.2 Å². The highest BCUT2D eigenvalue weighted by atomic mass is 35.5. The Balaban J connectivity index is 1.98. The fourth-order valence-electron chi connectivity index (χ4n) is 1.79. The van der Waals surface area contributed by atoms with Crippen LogP contribution in [-0.2, 0) is 11.2 Å². The Kier molecular flexibility index (Phi) is 4.77. The molecule has 0 bridgehead atoms. The standard InChI is InChI=1S/C15H14ClFN2O2/c16-12-8-10(3-6-13(12)17)19-15(21)14(18)7-9-1-4-11(20)5-2-9/h1-6,8,14,20H,7,18H2,(H,19,21). The molecule has 0 fully saturated rings. The lowest BCUT2D eigenvalue weighted by Gasteiger charge is -2.12. The van der Waals surface area contributed by atoms with Crippen LogP contribution in [0.5, 0.6) is 5.75 Å². The molecule has 0 aliphatic heterocycles. The highest BCUT2D eigenvalue weighted by molar-refractivity contribution is 6.31. The van der Waals surface area contributed by atoms with Crippen LogP contribution in [0.3, 0.4) is 0 Å². The Labute approximate surface area is 126 Å². The molecule has 1 atom stereocenters. The zero-order valence-electron chi connectivity index (χ0n) is 11.0. The van der Waals surface area contributed by atoms with Crippen LogP contribution >= 0.6 is 11.6 Å². The molecule has 1 amide bonds. The molecule has 2 aromatic carbocycles. The summed E-state index contributed by atoms with van der Waals surface area (Å²) in [6.07, 6.45) is 0.320. The van der Waals surface area contributed by atoms with Gasteiger partial charge >= 0.3 is 0 Å². The van der Waals surface area contributed by atoms with Crippen molar-refractivity contribution < 1.29 is 14.3 Å². The summed E-state index contributed by atoms with van der Waals surface area (Å²) in [5, 5.41) is 11.7. The minimum atomic E-state index is -0.765. The number of hydrogen-bond donors (Lipinski definition) is 3. The van der Waals surface area contributed by atoms with E-state index in [4.69, 9.17) is 17.3 Å². The van der Waals surface area contributed by atoms with E-state index in [-0.39, 0.29) is 10.8 Å². The first kappa shape index (κ1) is 15.3. The average Bonchev–Trinajstić information content (AvgIpc) is 2.45. The van der Waals surface area contributed by atoms with E-state index in [2.05, 4.69) is 5.32 Å². The summed E-state index contributed by atoms with van der Waals surface area (Å²) in [6, 6.07) is 9.57. The third-order valence-corrected chi connectivity index (χ3v) is 3.21. The van der Waals surface area contributed by atoms with Crippen molar-refractivity contribution in [1.29, 1.82) is 0 Å². The number of carbonyl (C=O) groups excluding carboxylic acids is 1. The van der Waals surface area contributed by atoms with Crippen LogP contribution in [0.15, 0.2) is 42.5 Å². The van der Waals surface area contributed by atoms with Gasteiger partial charge in [-0.05, 0) is 42.3 Å². The van der Waals surface area contributed by atoms with E-state index in [1.165, 1.54) is 30.3 Å². The largest absolute Gasteiger partial charge is 0.508 e. The molecule has 0 aliphatic carbocycles. The minimum absolute atomic E-state index is 0.0695. The van der Waals surface area contributed by atoms with Crippen molar-refractivity contribution in [2.45, 2.75) is 12.5 Å². The predicted molar refractivity (Wildman–Crippen MR) is 79.8 cm³/mol. The number of aromatic hydroxyl groups is 1. The van der Waals surface area contributed by atoms with Gasteiger partial charge in [0.15, 0.2) is 0 Å². The summed E-state index contributed by atoms with van der Waals surface area (Å²) in [7, 11) is 0. The van der Waals surface area contributed by atoms with Crippen LogP contribution in [0.1, 0.15) is 5.56 Å². The lowest BCUT2D eigenvalue weighted by atomic mass is 10.1. The van der Waals surface area contributed by atoms with E-state index in [0.717, 1.165) is 5.56 Å². The fraction of sp³-hybridized carbons (Fsp3) is 0.133. The number of nitrogens with two attached hydrogens (primary N) is 1. The molecule has 0 radical (unpaired) electrons. The van der Waals surface area contributed by atoms with Gasteiger partial charge in [-0.3, -0.25) is 4.79 Å². The molecule has 2 aromatic rings. The maximum Gasteiger partial charge on any atom is 0.241 e. The van der Waals surface area contributed by atoms with Crippen LogP contribution < -0.4 is 11.1 Å². The average molecular weight is 309 g/mol. The second kappa shape index (κ2) is 6.56. The normalized spacial score (nSPS) is 12.0. The quantitative estimate of drug-likeness (QED) is 0.813. The Bertz CT molecular complexity index is 647. The van der Waals surface area contributed by atoms with E-state index >= 15 is 0 Å². The number of amides is 1. The van der Waals surface area contributed by atoms with E-state index in [1.807, 2.05) is 0 Å². The third-order valence-electron chi connectivity index (χ3n) is 2.92. The fourth-order valence-corrected chi connectivity index (χ4v) is 1.97. The zero-order valence-corrected chi connectivity index (χ0v) is 11.8. The van der Waals surface area contributed by atoms with Crippen molar-refractivity contribution in [2.24, 2.45) is 5.73 Å². The molecule has 6 heteroatoms. The number of halogens is 2. The molecular formula is C15H14ClFN2O2. The van der Waals surface area contributed by atoms with Crippen molar-refractivity contribution in [2.75, 3.05) is 5.32 Å². The third kappa shape index (κ3) is 4.18. The molecule has 110 valence electrons. The van der Waals surface area contributed by atoms with Crippen molar-refractivity contribution in [1.82, 2.24) is 0 Å². The molecule has 1 unspecified atom stereocenters. The van der Waals surface area contributed by atoms with Crippen molar-refractivity contribution in [3.8, 4) is 5.75 Å². The smallest absolute Gasteiger partial charge is 0.241 e. The molecule has 0 saturated carbocycles. The SMILES string of the molecule is NC(Cc1ccc(O)cc1)C(=O)Nc1ccc(F)c(Cl)c1. The maximum atomic E-state index is 13.0. The van der Waals surface area contributed by atoms with Crippen LogP contribution in [0.4, 0.5) is 10.1 Å². The second-order valence-electron chi connectivity index (χ2n) is 4.60. The first-order valence-corrected chi connectivity index (χ1v) is 6.63. The molecule has 0 aliphatic rings. The Morgan fingerprint density at radius 1 is 1.29 bits per heavy atom. The summed E-state index contributed by atoms with van der Waals surface area (Å²) >= 11 is 5.64. The van der Waals surface area contributed by atoms with E-state index in [9.17, 15) is 14.3 Å². The summed E-state index contributed by atoms with van der Waals surface area (Å²) in [5.41, 5.74) is 7.03. The molecular weight excluding hydrogens is 295 g/mol. The highest BCUT2D eigenvalue weighted by Gasteiger charge is 2.15. The number of benzene rings is 2. The van der Waals surface area contributed by atoms with E-state index in [0.29, 0.717) is 12.1 Å². The van der Waals surface area contributed by atoms with Gasteiger partial charge in [0, 0.05) is 5.69 Å². The van der Waals surface area contributed by atoms with Crippen molar-refractivity contribution in [3.63, 3.8) is 0 Å². The monoisotopic (exact) mass is 308 g/mol. The maximum absolute atomic E-state index is 13.0. The van der Waals surface area contributed by atoms with Crippen LogP contribution in [0.2, 0.25) is 5.02 Å². The molecule has 0 heterocycles. The Hall–Kier alpha value is -2.11. The van der Waals surface area contributed by atoms with E-state index < -0.39 is 17.8 Å². The number of carbonyl (C=O) groups is 1. The summed E-state index contributed by atoms with van der Waals surface area (Å²) in [4.78, 5) is 12.0. The topological polar surface area (TPSA) is 75.3 Å². The number of phenols is 1. The minimum Gasteiger partial charge on any atom is -0.508 e. The molecule has 4 N–H and O–H groups in total. The molecule has 2 rings (SSSR count). The lowest BCUT2D eigenvalue weighted by molar-refractivity contribution is -0.117. The molecule has 21 heavy (non-hydrogen) atoms. The summed E-state index contributed by atoms with van der Waals surface area (Å²) < 4.78 is 13.0. The Morgan fingerprint density at radius 2 is 1.95 bits per heavy atom. The van der Waals surface area contributed by atoms with Gasteiger partial charge in [-0.25, -0.2) is 4.39 Å². The molecule has 4 nitrogen and oxygen atoms in total. The molecule has 0 spiro atoms. The lowest BCUT2D eigenvalue weighted by Crippen LogP contribution is -2.37. The van der Waals surface area contributed by atoms with E-state index in [1.54, 1.807) is 12.1 Å². The van der Waals surface area contributed by atoms with Gasteiger partial charge in [0.25, 0.3) is 0 Å². The van der Waals surface area contributed by atoms with Gasteiger partial charge in [-0.15, -0.1) is 0 Å². The van der Waals surface area contributed by atoms with Crippen LogP contribution in [0, 0.1) is 5.82 Å². The number of hydrogen-bond acceptors (Lipinski definition) is 3. The van der Waals surface area contributed by atoms with Gasteiger partial charge in [-0.2, -0.15) is 0 Å². The van der Waals surface area contributed by atoms with Crippen molar-refractivity contribution in [3.05, 3.63) is 58.9 Å². The van der Waals surface area contributed by atoms with Gasteiger partial charge < -0.3 is 16.2 Å². The van der Waals surface area contributed by atoms with Crippen LogP contribution in [0.25, 0.3) is 0 Å². The summed E-state index contributed by atoms with van der Waals surface area (Å²) in [5.74, 6) is -0.800. The molecule has 0 saturated heterocycles. The van der Waals surface area contributed by atoms with Crippen LogP contribution in [-0.4, -0.2) is 17.1 Å². The zero-order chi connectivity index (χ0) is 15.4. The number of nitrogens with one attached hydrogen (secondary N) is 1. The van der Waals surface area contributed by atoms with Gasteiger partial charge in [0.2, 0.25) is 5.91 Å².